The first-order valence-corrected chi connectivity index (χ1v) is 9.10. The van der Waals surface area contributed by atoms with Gasteiger partial charge >= 0.3 is 0 Å². The molecule has 2 amide bonds. The summed E-state index contributed by atoms with van der Waals surface area (Å²) in [6.45, 7) is 7.69. The average molecular weight is 352 g/mol. The first-order chi connectivity index (χ1) is 12.4. The summed E-state index contributed by atoms with van der Waals surface area (Å²) in [7, 11) is 0. The van der Waals surface area contributed by atoms with Crippen LogP contribution in [0.25, 0.3) is 0 Å². The van der Waals surface area contributed by atoms with Crippen molar-refractivity contribution in [3.05, 3.63) is 71.8 Å². The smallest absolute Gasteiger partial charge is 0.228 e. The van der Waals surface area contributed by atoms with E-state index in [0.29, 0.717) is 0 Å². The Bertz CT molecular complexity index is 648. The molecule has 0 saturated heterocycles. The summed E-state index contributed by atoms with van der Waals surface area (Å²) >= 11 is 0. The van der Waals surface area contributed by atoms with Crippen LogP contribution in [0.5, 0.6) is 0 Å². The Morgan fingerprint density at radius 3 is 1.19 bits per heavy atom. The Hall–Kier alpha value is -2.62. The minimum absolute atomic E-state index is 0.00158. The Morgan fingerprint density at radius 1 is 0.615 bits per heavy atom. The summed E-state index contributed by atoms with van der Waals surface area (Å²) in [6.07, 6.45) is 0. The first kappa shape index (κ1) is 19.7. The minimum Gasteiger partial charge on any atom is -0.353 e. The van der Waals surface area contributed by atoms with Crippen molar-refractivity contribution in [1.29, 1.82) is 0 Å². The lowest BCUT2D eigenvalue weighted by molar-refractivity contribution is -0.130. The van der Waals surface area contributed by atoms with Crippen LogP contribution in [0, 0.1) is 0 Å². The van der Waals surface area contributed by atoms with Crippen LogP contribution < -0.4 is 10.6 Å². The van der Waals surface area contributed by atoms with Gasteiger partial charge in [0.05, 0.1) is 11.8 Å². The molecule has 4 nitrogen and oxygen atoms in total. The summed E-state index contributed by atoms with van der Waals surface area (Å²) in [5, 5.41) is 5.96. The number of amides is 2. The fourth-order valence-corrected chi connectivity index (χ4v) is 3.06. The fraction of sp³-hybridized carbons (Fsp3) is 0.364. The molecule has 2 rings (SSSR count). The molecule has 0 spiro atoms. The minimum atomic E-state index is -0.597. The van der Waals surface area contributed by atoms with Gasteiger partial charge in [-0.05, 0) is 38.8 Å². The molecular weight excluding hydrogens is 324 g/mol. The molecule has 0 heterocycles. The molecule has 4 heteroatoms. The van der Waals surface area contributed by atoms with Crippen LogP contribution in [0.15, 0.2) is 60.7 Å². The van der Waals surface area contributed by atoms with Crippen molar-refractivity contribution >= 4 is 11.8 Å². The van der Waals surface area contributed by atoms with Crippen LogP contribution >= 0.6 is 0 Å². The number of benzene rings is 2. The Morgan fingerprint density at radius 2 is 0.923 bits per heavy atom. The van der Waals surface area contributed by atoms with Gasteiger partial charge in [0, 0.05) is 12.1 Å². The largest absolute Gasteiger partial charge is 0.353 e. The second-order valence-corrected chi connectivity index (χ2v) is 7.10. The van der Waals surface area contributed by atoms with Crippen LogP contribution in [0.1, 0.15) is 50.7 Å². The van der Waals surface area contributed by atoms with Crippen molar-refractivity contribution in [2.75, 3.05) is 0 Å². The average Bonchev–Trinajstić information content (AvgIpc) is 2.59. The second-order valence-electron chi connectivity index (χ2n) is 7.10. The highest BCUT2D eigenvalue weighted by Crippen LogP contribution is 2.34. The van der Waals surface area contributed by atoms with Crippen molar-refractivity contribution in [1.82, 2.24) is 10.6 Å². The van der Waals surface area contributed by atoms with Gasteiger partial charge in [0.25, 0.3) is 0 Å². The van der Waals surface area contributed by atoms with E-state index in [1.807, 2.05) is 88.4 Å². The van der Waals surface area contributed by atoms with Gasteiger partial charge in [0.15, 0.2) is 0 Å². The van der Waals surface area contributed by atoms with E-state index >= 15 is 0 Å². The standard InChI is InChI=1S/C22H28N2O2/c1-15(2)23-21(25)19(17-11-7-5-8-12-17)20(22(26)24-16(3)4)18-13-9-6-10-14-18/h5-16,19-20H,1-4H3,(H,23,25)(H,24,26)/t19-,20-/m0/s1. The maximum Gasteiger partial charge on any atom is 0.228 e. The maximum absolute atomic E-state index is 13.1. The topological polar surface area (TPSA) is 58.2 Å². The number of carbonyl (C=O) groups excluding carboxylic acids is 2. The van der Waals surface area contributed by atoms with E-state index < -0.39 is 11.8 Å². The van der Waals surface area contributed by atoms with Gasteiger partial charge in [-0.1, -0.05) is 60.7 Å². The Labute approximate surface area is 156 Å². The highest BCUT2D eigenvalue weighted by atomic mass is 16.2. The quantitative estimate of drug-likeness (QED) is 0.800. The summed E-state index contributed by atoms with van der Waals surface area (Å²) in [6, 6.07) is 19.0. The Kier molecular flexibility index (Phi) is 6.96. The molecule has 138 valence electrons. The van der Waals surface area contributed by atoms with Gasteiger partial charge in [-0.2, -0.15) is 0 Å². The molecule has 2 aromatic rings. The molecule has 0 radical (unpaired) electrons. The number of nitrogens with one attached hydrogen (secondary N) is 2. The highest BCUT2D eigenvalue weighted by Gasteiger charge is 2.36. The normalized spacial score (nSPS) is 13.3. The van der Waals surface area contributed by atoms with Crippen molar-refractivity contribution in [2.45, 2.75) is 51.6 Å². The van der Waals surface area contributed by atoms with Crippen molar-refractivity contribution < 1.29 is 9.59 Å². The SMILES string of the molecule is CC(C)NC(=O)[C@@H](c1ccccc1)[C@@H](C(=O)NC(C)C)c1ccccc1. The third kappa shape index (κ3) is 5.19. The number of rotatable bonds is 7. The van der Waals surface area contributed by atoms with Crippen LogP contribution in [0.3, 0.4) is 0 Å². The van der Waals surface area contributed by atoms with Gasteiger partial charge in [-0.15, -0.1) is 0 Å². The van der Waals surface area contributed by atoms with Gasteiger partial charge < -0.3 is 10.6 Å². The van der Waals surface area contributed by atoms with E-state index in [1.54, 1.807) is 0 Å². The zero-order valence-electron chi connectivity index (χ0n) is 15.9. The molecule has 0 aliphatic carbocycles. The van der Waals surface area contributed by atoms with Crippen LogP contribution in [0.4, 0.5) is 0 Å². The molecule has 2 N–H and O–H groups in total. The number of hydrogen-bond acceptors (Lipinski definition) is 2. The van der Waals surface area contributed by atoms with Gasteiger partial charge in [0.2, 0.25) is 11.8 Å². The summed E-state index contributed by atoms with van der Waals surface area (Å²) in [5.41, 5.74) is 1.66. The molecule has 0 saturated carbocycles. The first-order valence-electron chi connectivity index (χ1n) is 9.10. The lowest BCUT2D eigenvalue weighted by atomic mass is 9.79. The molecule has 0 aromatic heterocycles. The maximum atomic E-state index is 13.1. The number of carbonyl (C=O) groups is 2. The molecule has 0 bridgehead atoms. The van der Waals surface area contributed by atoms with Crippen LogP contribution in [-0.4, -0.2) is 23.9 Å². The lowest BCUT2D eigenvalue weighted by Gasteiger charge is -2.28. The van der Waals surface area contributed by atoms with E-state index in [2.05, 4.69) is 10.6 Å². The van der Waals surface area contributed by atoms with Gasteiger partial charge in [0.1, 0.15) is 0 Å². The highest BCUT2D eigenvalue weighted by molar-refractivity contribution is 5.95. The van der Waals surface area contributed by atoms with Gasteiger partial charge in [-0.3, -0.25) is 9.59 Å². The number of hydrogen-bond donors (Lipinski definition) is 2. The molecule has 0 fully saturated rings. The molecule has 26 heavy (non-hydrogen) atoms. The van der Waals surface area contributed by atoms with Crippen LogP contribution in [-0.2, 0) is 9.59 Å². The molecule has 2 aromatic carbocycles. The van der Waals surface area contributed by atoms with Crippen LogP contribution in [0.2, 0.25) is 0 Å². The van der Waals surface area contributed by atoms with E-state index in [-0.39, 0.29) is 23.9 Å². The molecular formula is C22H28N2O2. The second kappa shape index (κ2) is 9.18. The monoisotopic (exact) mass is 352 g/mol. The summed E-state index contributed by atoms with van der Waals surface area (Å²) in [4.78, 5) is 26.1. The van der Waals surface area contributed by atoms with E-state index in [1.165, 1.54) is 0 Å². The lowest BCUT2D eigenvalue weighted by Crippen LogP contribution is -2.43. The van der Waals surface area contributed by atoms with Crippen molar-refractivity contribution in [3.8, 4) is 0 Å². The molecule has 0 aliphatic rings. The zero-order chi connectivity index (χ0) is 19.1. The molecule has 0 aliphatic heterocycles. The third-order valence-electron chi connectivity index (χ3n) is 4.08. The van der Waals surface area contributed by atoms with Crippen molar-refractivity contribution in [2.24, 2.45) is 0 Å². The predicted octanol–water partition coefficient (Wildman–Crippen LogP) is 3.60. The van der Waals surface area contributed by atoms with E-state index in [0.717, 1.165) is 11.1 Å². The Balaban J connectivity index is 2.53. The van der Waals surface area contributed by atoms with E-state index in [4.69, 9.17) is 0 Å². The third-order valence-corrected chi connectivity index (χ3v) is 4.08. The summed E-state index contributed by atoms with van der Waals surface area (Å²) < 4.78 is 0. The summed E-state index contributed by atoms with van der Waals surface area (Å²) in [5.74, 6) is -1.47. The zero-order valence-corrected chi connectivity index (χ0v) is 15.9. The fourth-order valence-electron chi connectivity index (χ4n) is 3.06. The predicted molar refractivity (Wildman–Crippen MR) is 105 cm³/mol. The molecule has 2 atom stereocenters. The molecule has 0 unspecified atom stereocenters. The van der Waals surface area contributed by atoms with E-state index in [9.17, 15) is 9.59 Å². The van der Waals surface area contributed by atoms with Gasteiger partial charge in [-0.25, -0.2) is 0 Å². The van der Waals surface area contributed by atoms with Crippen molar-refractivity contribution in [3.63, 3.8) is 0 Å².